The van der Waals surface area contributed by atoms with Crippen molar-refractivity contribution in [3.63, 3.8) is 0 Å². The van der Waals surface area contributed by atoms with Crippen molar-refractivity contribution in [2.24, 2.45) is 0 Å². The molecule has 2 aromatic rings. The molecular formula is C15H18N2O3. The Labute approximate surface area is 117 Å². The second-order valence-electron chi connectivity index (χ2n) is 5.69. The summed E-state index contributed by atoms with van der Waals surface area (Å²) in [4.78, 5) is 23.9. The van der Waals surface area contributed by atoms with Crippen molar-refractivity contribution in [1.29, 1.82) is 0 Å². The van der Waals surface area contributed by atoms with Crippen LogP contribution in [0.15, 0.2) is 24.4 Å². The maximum atomic E-state index is 12.2. The van der Waals surface area contributed by atoms with E-state index in [1.54, 1.807) is 39.0 Å². The number of ether oxygens (including phenoxy) is 1. The first kappa shape index (κ1) is 14.1. The second-order valence-corrected chi connectivity index (χ2v) is 5.69. The molecule has 20 heavy (non-hydrogen) atoms. The number of nitrogens with zero attached hydrogens (tertiary/aromatic N) is 1. The van der Waals surface area contributed by atoms with Gasteiger partial charge in [0, 0.05) is 17.1 Å². The van der Waals surface area contributed by atoms with Gasteiger partial charge >= 0.3 is 6.09 Å². The van der Waals surface area contributed by atoms with E-state index >= 15 is 0 Å². The molecule has 0 aliphatic carbocycles. The number of hydrogen-bond donors (Lipinski definition) is 1. The molecule has 0 fully saturated rings. The van der Waals surface area contributed by atoms with E-state index in [0.717, 1.165) is 0 Å². The maximum Gasteiger partial charge on any atom is 0.419 e. The molecule has 0 aliphatic heterocycles. The maximum absolute atomic E-state index is 12.2. The fraction of sp³-hybridized carbons (Fsp3) is 0.333. The van der Waals surface area contributed by atoms with E-state index in [4.69, 9.17) is 10.5 Å². The van der Waals surface area contributed by atoms with Crippen LogP contribution in [0.5, 0.6) is 0 Å². The number of benzene rings is 1. The summed E-state index contributed by atoms with van der Waals surface area (Å²) >= 11 is 0. The number of anilines is 1. The summed E-state index contributed by atoms with van der Waals surface area (Å²) in [5.41, 5.74) is 6.71. The summed E-state index contributed by atoms with van der Waals surface area (Å²) in [5.74, 6) is -0.122. The molecule has 1 aromatic carbocycles. The molecule has 0 unspecified atom stereocenters. The summed E-state index contributed by atoms with van der Waals surface area (Å²) in [6, 6.07) is 5.21. The third kappa shape index (κ3) is 2.52. The second kappa shape index (κ2) is 4.67. The van der Waals surface area contributed by atoms with Crippen molar-refractivity contribution < 1.29 is 14.3 Å². The zero-order chi connectivity index (χ0) is 15.1. The third-order valence-electron chi connectivity index (χ3n) is 2.83. The zero-order valence-electron chi connectivity index (χ0n) is 12.1. The summed E-state index contributed by atoms with van der Waals surface area (Å²) in [5, 5.41) is 0.656. The quantitative estimate of drug-likeness (QED) is 0.640. The number of nitrogen functional groups attached to an aromatic ring is 1. The first-order valence-electron chi connectivity index (χ1n) is 6.34. The van der Waals surface area contributed by atoms with Crippen molar-refractivity contribution in [2.45, 2.75) is 33.3 Å². The number of hydrogen-bond acceptors (Lipinski definition) is 4. The monoisotopic (exact) mass is 274 g/mol. The number of aromatic nitrogens is 1. The average molecular weight is 274 g/mol. The molecule has 0 saturated heterocycles. The highest BCUT2D eigenvalue weighted by Gasteiger charge is 2.22. The molecule has 1 heterocycles. The number of carbonyl (C=O) groups excluding carboxylic acids is 2. The number of rotatable bonds is 1. The fourth-order valence-electron chi connectivity index (χ4n) is 2.05. The zero-order valence-corrected chi connectivity index (χ0v) is 12.1. The lowest BCUT2D eigenvalue weighted by Gasteiger charge is -2.20. The molecule has 0 aliphatic rings. The highest BCUT2D eigenvalue weighted by molar-refractivity contribution is 6.11. The third-order valence-corrected chi connectivity index (χ3v) is 2.83. The first-order valence-corrected chi connectivity index (χ1v) is 6.34. The molecule has 2 N–H and O–H groups in total. The van der Waals surface area contributed by atoms with Crippen LogP contribution in [-0.4, -0.2) is 22.0 Å². The number of para-hydroxylation sites is 1. The SMILES string of the molecule is CC(=O)c1cn(C(=O)OC(C)(C)C)c2c(N)cccc12. The van der Waals surface area contributed by atoms with Gasteiger partial charge in [-0.05, 0) is 33.8 Å². The van der Waals surface area contributed by atoms with Crippen molar-refractivity contribution in [1.82, 2.24) is 4.57 Å². The van der Waals surface area contributed by atoms with Gasteiger partial charge in [-0.1, -0.05) is 12.1 Å². The van der Waals surface area contributed by atoms with Gasteiger partial charge in [-0.15, -0.1) is 0 Å². The van der Waals surface area contributed by atoms with Gasteiger partial charge < -0.3 is 10.5 Å². The first-order chi connectivity index (χ1) is 9.20. The Morgan fingerprint density at radius 2 is 1.90 bits per heavy atom. The summed E-state index contributed by atoms with van der Waals surface area (Å²) in [6.07, 6.45) is 0.935. The van der Waals surface area contributed by atoms with E-state index in [2.05, 4.69) is 0 Å². The van der Waals surface area contributed by atoms with Gasteiger partial charge in [0.15, 0.2) is 5.78 Å². The van der Waals surface area contributed by atoms with Crippen LogP contribution in [0, 0.1) is 0 Å². The van der Waals surface area contributed by atoms with E-state index in [9.17, 15) is 9.59 Å². The van der Waals surface area contributed by atoms with Crippen molar-refractivity contribution in [3.8, 4) is 0 Å². The molecule has 5 nitrogen and oxygen atoms in total. The molecule has 2 rings (SSSR count). The van der Waals surface area contributed by atoms with Crippen LogP contribution < -0.4 is 5.73 Å². The Kier molecular flexibility index (Phi) is 3.29. The van der Waals surface area contributed by atoms with Gasteiger partial charge in [0.05, 0.1) is 11.2 Å². The number of Topliss-reactive ketones (excluding diaryl/α,β-unsaturated/α-hetero) is 1. The van der Waals surface area contributed by atoms with Crippen LogP contribution in [0.1, 0.15) is 38.1 Å². The van der Waals surface area contributed by atoms with Gasteiger partial charge in [-0.2, -0.15) is 0 Å². The van der Waals surface area contributed by atoms with E-state index in [-0.39, 0.29) is 5.78 Å². The van der Waals surface area contributed by atoms with E-state index in [0.29, 0.717) is 22.2 Å². The van der Waals surface area contributed by atoms with E-state index in [1.165, 1.54) is 17.7 Å². The standard InChI is InChI=1S/C15H18N2O3/c1-9(18)11-8-17(14(19)20-15(2,3)4)13-10(11)6-5-7-12(13)16/h5-8H,16H2,1-4H3. The van der Waals surface area contributed by atoms with Crippen LogP contribution >= 0.6 is 0 Å². The minimum absolute atomic E-state index is 0.122. The minimum atomic E-state index is -0.617. The fourth-order valence-corrected chi connectivity index (χ4v) is 2.05. The Balaban J connectivity index is 2.65. The van der Waals surface area contributed by atoms with Crippen LogP contribution in [0.3, 0.4) is 0 Å². The number of nitrogens with two attached hydrogens (primary N) is 1. The molecule has 0 radical (unpaired) electrons. The average Bonchev–Trinajstić information content (AvgIpc) is 2.67. The Bertz CT molecular complexity index is 693. The normalized spacial score (nSPS) is 11.6. The summed E-state index contributed by atoms with van der Waals surface area (Å²) in [6.45, 7) is 6.81. The molecule has 0 atom stereocenters. The van der Waals surface area contributed by atoms with Crippen LogP contribution in [0.25, 0.3) is 10.9 Å². The van der Waals surface area contributed by atoms with Gasteiger partial charge in [0.2, 0.25) is 0 Å². The molecular weight excluding hydrogens is 256 g/mol. The van der Waals surface area contributed by atoms with Crippen LogP contribution in [0.4, 0.5) is 10.5 Å². The largest absolute Gasteiger partial charge is 0.443 e. The van der Waals surface area contributed by atoms with Crippen LogP contribution in [-0.2, 0) is 4.74 Å². The van der Waals surface area contributed by atoms with Gasteiger partial charge in [-0.25, -0.2) is 9.36 Å². The summed E-state index contributed by atoms with van der Waals surface area (Å²) < 4.78 is 6.64. The molecule has 0 bridgehead atoms. The Hall–Kier alpha value is -2.30. The number of fused-ring (bicyclic) bond motifs is 1. The summed E-state index contributed by atoms with van der Waals surface area (Å²) in [7, 11) is 0. The highest BCUT2D eigenvalue weighted by Crippen LogP contribution is 2.27. The van der Waals surface area contributed by atoms with Crippen LogP contribution in [0.2, 0.25) is 0 Å². The number of ketones is 1. The molecule has 1 aromatic heterocycles. The molecule has 106 valence electrons. The van der Waals surface area contributed by atoms with Gasteiger partial charge in [-0.3, -0.25) is 4.79 Å². The van der Waals surface area contributed by atoms with Gasteiger partial charge in [0.1, 0.15) is 5.60 Å². The molecule has 5 heteroatoms. The topological polar surface area (TPSA) is 74.3 Å². The number of carbonyl (C=O) groups is 2. The molecule has 0 amide bonds. The van der Waals surface area contributed by atoms with E-state index < -0.39 is 11.7 Å². The molecule has 0 spiro atoms. The minimum Gasteiger partial charge on any atom is -0.443 e. The predicted octanol–water partition coefficient (Wildman–Crippen LogP) is 3.21. The molecule has 0 saturated carbocycles. The lowest BCUT2D eigenvalue weighted by molar-refractivity contribution is 0.0544. The Morgan fingerprint density at radius 3 is 2.45 bits per heavy atom. The highest BCUT2D eigenvalue weighted by atomic mass is 16.6. The predicted molar refractivity (Wildman–Crippen MR) is 78.0 cm³/mol. The van der Waals surface area contributed by atoms with Gasteiger partial charge in [0.25, 0.3) is 0 Å². The van der Waals surface area contributed by atoms with Crippen molar-refractivity contribution in [3.05, 3.63) is 30.0 Å². The van der Waals surface area contributed by atoms with E-state index in [1.807, 2.05) is 0 Å². The lowest BCUT2D eigenvalue weighted by Crippen LogP contribution is -2.26. The van der Waals surface area contributed by atoms with Crippen molar-refractivity contribution in [2.75, 3.05) is 5.73 Å². The smallest absolute Gasteiger partial charge is 0.419 e. The lowest BCUT2D eigenvalue weighted by atomic mass is 10.1. The Morgan fingerprint density at radius 1 is 1.25 bits per heavy atom. The van der Waals surface area contributed by atoms with Crippen molar-refractivity contribution >= 4 is 28.5 Å².